The van der Waals surface area contributed by atoms with Crippen molar-refractivity contribution in [2.45, 2.75) is 39.2 Å². The maximum atomic E-state index is 12.0. The van der Waals surface area contributed by atoms with Gasteiger partial charge in [-0.25, -0.2) is 0 Å². The molecule has 4 nitrogen and oxygen atoms in total. The highest BCUT2D eigenvalue weighted by Crippen LogP contribution is 2.22. The van der Waals surface area contributed by atoms with E-state index in [0.29, 0.717) is 5.75 Å². The summed E-state index contributed by atoms with van der Waals surface area (Å²) in [6.45, 7) is 4.08. The van der Waals surface area contributed by atoms with Gasteiger partial charge in [-0.15, -0.1) is 0 Å². The van der Waals surface area contributed by atoms with Gasteiger partial charge in [0.1, 0.15) is 11.5 Å². The molecule has 1 rings (SSSR count). The lowest BCUT2D eigenvalue weighted by molar-refractivity contribution is 0.0935. The van der Waals surface area contributed by atoms with Crippen LogP contribution in [0, 0.1) is 0 Å². The average molecular weight is 251 g/mol. The van der Waals surface area contributed by atoms with Crippen LogP contribution in [0.2, 0.25) is 0 Å². The lowest BCUT2D eigenvalue weighted by Crippen LogP contribution is -2.32. The molecule has 4 heteroatoms. The van der Waals surface area contributed by atoms with E-state index in [1.54, 1.807) is 6.07 Å². The quantitative estimate of drug-likeness (QED) is 0.817. The lowest BCUT2D eigenvalue weighted by Gasteiger charge is -2.14. The Balaban J connectivity index is 2.71. The molecule has 1 unspecified atom stereocenters. The average Bonchev–Trinajstić information content (AvgIpc) is 2.36. The fourth-order valence-corrected chi connectivity index (χ4v) is 1.71. The third-order valence-electron chi connectivity index (χ3n) is 2.82. The Morgan fingerprint density at radius 1 is 1.50 bits per heavy atom. The summed E-state index contributed by atoms with van der Waals surface area (Å²) < 4.78 is 5.04. The normalized spacial score (nSPS) is 11.9. The fourth-order valence-electron chi connectivity index (χ4n) is 1.71. The van der Waals surface area contributed by atoms with Gasteiger partial charge in [0, 0.05) is 6.04 Å². The molecule has 0 heterocycles. The van der Waals surface area contributed by atoms with Crippen molar-refractivity contribution in [1.82, 2.24) is 5.32 Å². The SMILES string of the molecule is CCCCC(C)NC(=O)c1cc(OC)ccc1O. The van der Waals surface area contributed by atoms with Crippen LogP contribution in [0.3, 0.4) is 0 Å². The first kappa shape index (κ1) is 14.4. The number of carbonyl (C=O) groups excluding carboxylic acids is 1. The van der Waals surface area contributed by atoms with Crippen molar-refractivity contribution in [2.75, 3.05) is 7.11 Å². The van der Waals surface area contributed by atoms with Gasteiger partial charge in [-0.05, 0) is 31.5 Å². The number of phenols is 1. The van der Waals surface area contributed by atoms with E-state index in [2.05, 4.69) is 12.2 Å². The molecule has 0 aliphatic rings. The highest BCUT2D eigenvalue weighted by Gasteiger charge is 2.14. The van der Waals surface area contributed by atoms with Gasteiger partial charge >= 0.3 is 0 Å². The molecule has 0 saturated heterocycles. The van der Waals surface area contributed by atoms with Gasteiger partial charge in [-0.2, -0.15) is 0 Å². The number of phenolic OH excluding ortho intramolecular Hbond substituents is 1. The molecule has 0 radical (unpaired) electrons. The number of nitrogens with one attached hydrogen (secondary N) is 1. The molecule has 1 atom stereocenters. The van der Waals surface area contributed by atoms with Gasteiger partial charge in [-0.1, -0.05) is 19.8 Å². The van der Waals surface area contributed by atoms with E-state index >= 15 is 0 Å². The van der Waals surface area contributed by atoms with Crippen molar-refractivity contribution in [3.63, 3.8) is 0 Å². The first-order valence-electron chi connectivity index (χ1n) is 6.26. The van der Waals surface area contributed by atoms with Crippen LogP contribution in [0.15, 0.2) is 18.2 Å². The van der Waals surface area contributed by atoms with Crippen LogP contribution >= 0.6 is 0 Å². The van der Waals surface area contributed by atoms with Crippen LogP contribution in [0.4, 0.5) is 0 Å². The molecular weight excluding hydrogens is 230 g/mol. The van der Waals surface area contributed by atoms with Crippen LogP contribution in [0.1, 0.15) is 43.5 Å². The standard InChI is InChI=1S/C14H21NO3/c1-4-5-6-10(2)15-14(17)12-9-11(18-3)7-8-13(12)16/h7-10,16H,4-6H2,1-3H3,(H,15,17). The number of methoxy groups -OCH3 is 1. The molecule has 0 fully saturated rings. The van der Waals surface area contributed by atoms with Gasteiger partial charge in [0.25, 0.3) is 5.91 Å². The summed E-state index contributed by atoms with van der Waals surface area (Å²) in [6, 6.07) is 4.72. The fraction of sp³-hybridized carbons (Fsp3) is 0.500. The minimum atomic E-state index is -0.269. The maximum absolute atomic E-state index is 12.0. The zero-order valence-corrected chi connectivity index (χ0v) is 11.2. The Bertz CT molecular complexity index is 404. The molecule has 0 aromatic heterocycles. The highest BCUT2D eigenvalue weighted by atomic mass is 16.5. The molecule has 0 bridgehead atoms. The van der Waals surface area contributed by atoms with Gasteiger partial charge in [0.05, 0.1) is 12.7 Å². The second-order valence-corrected chi connectivity index (χ2v) is 4.40. The smallest absolute Gasteiger partial charge is 0.255 e. The first-order chi connectivity index (χ1) is 8.58. The van der Waals surface area contributed by atoms with Gasteiger partial charge in [-0.3, -0.25) is 4.79 Å². The summed E-state index contributed by atoms with van der Waals surface area (Å²) in [5.74, 6) is 0.255. The summed E-state index contributed by atoms with van der Waals surface area (Å²) in [4.78, 5) is 12.0. The number of ether oxygens (including phenoxy) is 1. The van der Waals surface area contributed by atoms with Crippen molar-refractivity contribution in [3.8, 4) is 11.5 Å². The molecule has 1 aromatic rings. The zero-order valence-electron chi connectivity index (χ0n) is 11.2. The monoisotopic (exact) mass is 251 g/mol. The summed E-state index contributed by atoms with van der Waals surface area (Å²) in [6.07, 6.45) is 3.11. The molecular formula is C14H21NO3. The van der Waals surface area contributed by atoms with E-state index in [9.17, 15) is 9.90 Å². The molecule has 0 spiro atoms. The number of hydrogen-bond acceptors (Lipinski definition) is 3. The largest absolute Gasteiger partial charge is 0.507 e. The predicted octanol–water partition coefficient (Wildman–Crippen LogP) is 2.71. The third-order valence-corrected chi connectivity index (χ3v) is 2.82. The van der Waals surface area contributed by atoms with Crippen LogP contribution < -0.4 is 10.1 Å². The number of unbranched alkanes of at least 4 members (excludes halogenated alkanes) is 1. The number of aromatic hydroxyl groups is 1. The van der Waals surface area contributed by atoms with E-state index in [1.165, 1.54) is 19.2 Å². The molecule has 2 N–H and O–H groups in total. The van der Waals surface area contributed by atoms with Crippen molar-refractivity contribution >= 4 is 5.91 Å². The van der Waals surface area contributed by atoms with Gasteiger partial charge < -0.3 is 15.2 Å². The number of hydrogen-bond donors (Lipinski definition) is 2. The molecule has 100 valence electrons. The van der Waals surface area contributed by atoms with Gasteiger partial charge in [0.15, 0.2) is 0 Å². The Morgan fingerprint density at radius 2 is 2.22 bits per heavy atom. The topological polar surface area (TPSA) is 58.6 Å². The minimum Gasteiger partial charge on any atom is -0.507 e. The third kappa shape index (κ3) is 3.95. The van der Waals surface area contributed by atoms with E-state index in [1.807, 2.05) is 6.92 Å². The van der Waals surface area contributed by atoms with Gasteiger partial charge in [0.2, 0.25) is 0 Å². The zero-order chi connectivity index (χ0) is 13.5. The predicted molar refractivity (Wildman–Crippen MR) is 71.1 cm³/mol. The van der Waals surface area contributed by atoms with E-state index in [-0.39, 0.29) is 23.3 Å². The molecule has 18 heavy (non-hydrogen) atoms. The van der Waals surface area contributed by atoms with Crippen LogP contribution in [0.25, 0.3) is 0 Å². The number of carbonyl (C=O) groups is 1. The molecule has 0 saturated carbocycles. The molecule has 1 aromatic carbocycles. The second kappa shape index (κ2) is 6.89. The lowest BCUT2D eigenvalue weighted by atomic mass is 10.1. The minimum absolute atomic E-state index is 0.0315. The summed E-state index contributed by atoms with van der Waals surface area (Å²) in [5, 5.41) is 12.5. The van der Waals surface area contributed by atoms with Crippen LogP contribution in [-0.4, -0.2) is 24.2 Å². The van der Waals surface area contributed by atoms with E-state index in [0.717, 1.165) is 19.3 Å². The van der Waals surface area contributed by atoms with Crippen LogP contribution in [-0.2, 0) is 0 Å². The number of rotatable bonds is 6. The highest BCUT2D eigenvalue weighted by molar-refractivity contribution is 5.97. The summed E-state index contributed by atoms with van der Waals surface area (Å²) in [7, 11) is 1.53. The number of amides is 1. The number of benzene rings is 1. The molecule has 0 aliphatic carbocycles. The van der Waals surface area contributed by atoms with Crippen molar-refractivity contribution in [2.24, 2.45) is 0 Å². The van der Waals surface area contributed by atoms with Crippen molar-refractivity contribution < 1.29 is 14.6 Å². The summed E-state index contributed by atoms with van der Waals surface area (Å²) >= 11 is 0. The van der Waals surface area contributed by atoms with Crippen molar-refractivity contribution in [3.05, 3.63) is 23.8 Å². The Hall–Kier alpha value is -1.71. The maximum Gasteiger partial charge on any atom is 0.255 e. The molecule has 0 aliphatic heterocycles. The van der Waals surface area contributed by atoms with E-state index in [4.69, 9.17) is 4.74 Å². The van der Waals surface area contributed by atoms with E-state index < -0.39 is 0 Å². The van der Waals surface area contributed by atoms with Crippen LogP contribution in [0.5, 0.6) is 11.5 Å². The van der Waals surface area contributed by atoms with Crippen molar-refractivity contribution in [1.29, 1.82) is 0 Å². The Morgan fingerprint density at radius 3 is 2.83 bits per heavy atom. The Labute approximate surface area is 108 Å². The Kier molecular flexibility index (Phi) is 5.49. The molecule has 1 amide bonds. The summed E-state index contributed by atoms with van der Waals surface area (Å²) in [5.41, 5.74) is 0.248. The second-order valence-electron chi connectivity index (χ2n) is 4.40. The first-order valence-corrected chi connectivity index (χ1v) is 6.26.